The first kappa shape index (κ1) is 16.2. The van der Waals surface area contributed by atoms with Crippen molar-refractivity contribution >= 4 is 16.9 Å². The Morgan fingerprint density at radius 2 is 2.24 bits per heavy atom. The SMILES string of the molecule is CN1C(=O)C(CC2CCCCN2)CC1C#Cc1ccc2occc2c1. The molecule has 2 aromatic rings. The van der Waals surface area contributed by atoms with Gasteiger partial charge in [-0.15, -0.1) is 0 Å². The summed E-state index contributed by atoms with van der Waals surface area (Å²) in [5.41, 5.74) is 1.84. The Kier molecular flexibility index (Phi) is 4.50. The number of hydrogen-bond acceptors (Lipinski definition) is 3. The van der Waals surface area contributed by atoms with Gasteiger partial charge in [-0.1, -0.05) is 18.3 Å². The summed E-state index contributed by atoms with van der Waals surface area (Å²) in [6.45, 7) is 1.08. The minimum atomic E-state index is 0.0149. The Balaban J connectivity index is 1.44. The van der Waals surface area contributed by atoms with Gasteiger partial charge >= 0.3 is 0 Å². The topological polar surface area (TPSA) is 45.5 Å². The van der Waals surface area contributed by atoms with E-state index in [1.165, 1.54) is 19.3 Å². The van der Waals surface area contributed by atoms with Crippen LogP contribution in [0.25, 0.3) is 11.0 Å². The van der Waals surface area contributed by atoms with E-state index in [2.05, 4.69) is 17.2 Å². The third-order valence-electron chi connectivity index (χ3n) is 5.49. The number of nitrogens with one attached hydrogen (secondary N) is 1. The maximum absolute atomic E-state index is 12.6. The Labute approximate surface area is 148 Å². The number of fused-ring (bicyclic) bond motifs is 1. The Bertz CT molecular complexity index is 823. The van der Waals surface area contributed by atoms with Crippen molar-refractivity contribution in [2.45, 2.75) is 44.2 Å². The van der Waals surface area contributed by atoms with Crippen LogP contribution in [-0.4, -0.2) is 36.5 Å². The van der Waals surface area contributed by atoms with Gasteiger partial charge < -0.3 is 14.6 Å². The molecule has 3 atom stereocenters. The van der Waals surface area contributed by atoms with Gasteiger partial charge in [0.15, 0.2) is 0 Å². The van der Waals surface area contributed by atoms with E-state index in [0.29, 0.717) is 6.04 Å². The van der Waals surface area contributed by atoms with Crippen LogP contribution in [0.5, 0.6) is 0 Å². The molecular weight excluding hydrogens is 312 g/mol. The number of benzene rings is 1. The van der Waals surface area contributed by atoms with Crippen LogP contribution in [0.3, 0.4) is 0 Å². The molecule has 2 aliphatic rings. The first-order valence-corrected chi connectivity index (χ1v) is 9.19. The fourth-order valence-corrected chi connectivity index (χ4v) is 4.00. The number of piperidine rings is 1. The van der Waals surface area contributed by atoms with Crippen molar-refractivity contribution in [3.8, 4) is 11.8 Å². The molecule has 1 aromatic heterocycles. The van der Waals surface area contributed by atoms with E-state index in [-0.39, 0.29) is 17.9 Å². The van der Waals surface area contributed by atoms with Crippen LogP contribution in [0, 0.1) is 17.8 Å². The summed E-state index contributed by atoms with van der Waals surface area (Å²) in [5.74, 6) is 6.90. The number of nitrogens with zero attached hydrogens (tertiary/aromatic N) is 1. The van der Waals surface area contributed by atoms with Crippen molar-refractivity contribution in [3.05, 3.63) is 36.1 Å². The van der Waals surface area contributed by atoms with E-state index in [1.54, 1.807) is 6.26 Å². The van der Waals surface area contributed by atoms with E-state index in [4.69, 9.17) is 4.42 Å². The first-order chi connectivity index (χ1) is 12.2. The lowest BCUT2D eigenvalue weighted by atomic mass is 9.92. The molecule has 130 valence electrons. The number of amides is 1. The smallest absolute Gasteiger partial charge is 0.226 e. The van der Waals surface area contributed by atoms with Crippen molar-refractivity contribution < 1.29 is 9.21 Å². The number of furan rings is 1. The molecule has 4 rings (SSSR count). The van der Waals surface area contributed by atoms with E-state index in [1.807, 2.05) is 36.2 Å². The van der Waals surface area contributed by atoms with Gasteiger partial charge in [0, 0.05) is 30.0 Å². The molecule has 4 heteroatoms. The fourth-order valence-electron chi connectivity index (χ4n) is 4.00. The van der Waals surface area contributed by atoms with Crippen LogP contribution in [-0.2, 0) is 4.79 Å². The van der Waals surface area contributed by atoms with Crippen LogP contribution >= 0.6 is 0 Å². The highest BCUT2D eigenvalue weighted by molar-refractivity contribution is 5.82. The van der Waals surface area contributed by atoms with Gasteiger partial charge in [-0.3, -0.25) is 4.79 Å². The van der Waals surface area contributed by atoms with Gasteiger partial charge in [0.2, 0.25) is 5.91 Å². The molecule has 3 unspecified atom stereocenters. The Morgan fingerprint density at radius 1 is 1.32 bits per heavy atom. The summed E-state index contributed by atoms with van der Waals surface area (Å²) in [6, 6.07) is 8.40. The number of carbonyl (C=O) groups is 1. The van der Waals surface area contributed by atoms with Gasteiger partial charge in [0.25, 0.3) is 0 Å². The van der Waals surface area contributed by atoms with Crippen LogP contribution in [0.15, 0.2) is 34.9 Å². The summed E-state index contributed by atoms with van der Waals surface area (Å²) in [5, 5.41) is 4.61. The molecule has 4 nitrogen and oxygen atoms in total. The third kappa shape index (κ3) is 3.43. The van der Waals surface area contributed by atoms with Crippen molar-refractivity contribution in [1.82, 2.24) is 10.2 Å². The lowest BCUT2D eigenvalue weighted by molar-refractivity contribution is -0.130. The number of rotatable bonds is 2. The minimum absolute atomic E-state index is 0.0149. The maximum atomic E-state index is 12.6. The highest BCUT2D eigenvalue weighted by Gasteiger charge is 2.37. The van der Waals surface area contributed by atoms with Gasteiger partial charge in [0.05, 0.1) is 12.3 Å². The largest absolute Gasteiger partial charge is 0.464 e. The molecule has 3 heterocycles. The average molecular weight is 336 g/mol. The zero-order valence-corrected chi connectivity index (χ0v) is 14.6. The molecule has 1 N–H and O–H groups in total. The molecule has 1 aromatic carbocycles. The van der Waals surface area contributed by atoms with E-state index < -0.39 is 0 Å². The highest BCUT2D eigenvalue weighted by Crippen LogP contribution is 2.28. The maximum Gasteiger partial charge on any atom is 0.226 e. The van der Waals surface area contributed by atoms with Crippen molar-refractivity contribution in [3.63, 3.8) is 0 Å². The molecule has 0 aliphatic carbocycles. The molecule has 0 radical (unpaired) electrons. The first-order valence-electron chi connectivity index (χ1n) is 9.19. The Morgan fingerprint density at radius 3 is 3.08 bits per heavy atom. The average Bonchev–Trinajstić information content (AvgIpc) is 3.20. The highest BCUT2D eigenvalue weighted by atomic mass is 16.3. The van der Waals surface area contributed by atoms with Crippen LogP contribution < -0.4 is 5.32 Å². The van der Waals surface area contributed by atoms with Crippen molar-refractivity contribution in [1.29, 1.82) is 0 Å². The monoisotopic (exact) mass is 336 g/mol. The van der Waals surface area contributed by atoms with Crippen LogP contribution in [0.1, 0.15) is 37.7 Å². The lowest BCUT2D eigenvalue weighted by Gasteiger charge is -2.25. The van der Waals surface area contributed by atoms with E-state index in [0.717, 1.165) is 35.9 Å². The second kappa shape index (κ2) is 6.93. The minimum Gasteiger partial charge on any atom is -0.464 e. The van der Waals surface area contributed by atoms with Crippen molar-refractivity contribution in [2.24, 2.45) is 5.92 Å². The van der Waals surface area contributed by atoms with Gasteiger partial charge in [-0.25, -0.2) is 0 Å². The number of hydrogen-bond donors (Lipinski definition) is 1. The zero-order valence-electron chi connectivity index (χ0n) is 14.6. The fraction of sp³-hybridized carbons (Fsp3) is 0.476. The summed E-state index contributed by atoms with van der Waals surface area (Å²) < 4.78 is 5.36. The van der Waals surface area contributed by atoms with Gasteiger partial charge in [-0.2, -0.15) is 0 Å². The molecule has 2 aliphatic heterocycles. The summed E-state index contributed by atoms with van der Waals surface area (Å²) in [7, 11) is 1.88. The van der Waals surface area contributed by atoms with Crippen LogP contribution in [0.4, 0.5) is 0 Å². The summed E-state index contributed by atoms with van der Waals surface area (Å²) in [6.07, 6.45) is 7.19. The van der Waals surface area contributed by atoms with Gasteiger partial charge in [-0.05, 0) is 56.5 Å². The molecule has 2 saturated heterocycles. The zero-order chi connectivity index (χ0) is 17.2. The quantitative estimate of drug-likeness (QED) is 0.857. The van der Waals surface area contributed by atoms with Crippen LogP contribution in [0.2, 0.25) is 0 Å². The second-order valence-electron chi connectivity index (χ2n) is 7.22. The molecule has 0 spiro atoms. The lowest BCUT2D eigenvalue weighted by Crippen LogP contribution is -2.37. The molecule has 0 saturated carbocycles. The molecule has 1 amide bonds. The molecule has 25 heavy (non-hydrogen) atoms. The number of likely N-dealkylation sites (tertiary alicyclic amines) is 1. The second-order valence-corrected chi connectivity index (χ2v) is 7.22. The summed E-state index contributed by atoms with van der Waals surface area (Å²) >= 11 is 0. The predicted molar refractivity (Wildman–Crippen MR) is 98.0 cm³/mol. The van der Waals surface area contributed by atoms with Crippen molar-refractivity contribution in [2.75, 3.05) is 13.6 Å². The third-order valence-corrected chi connectivity index (χ3v) is 5.49. The Hall–Kier alpha value is -2.25. The molecular formula is C21H24N2O2. The number of carbonyl (C=O) groups excluding carboxylic acids is 1. The normalized spacial score (nSPS) is 26.7. The molecule has 0 bridgehead atoms. The van der Waals surface area contributed by atoms with Gasteiger partial charge in [0.1, 0.15) is 5.58 Å². The summed E-state index contributed by atoms with van der Waals surface area (Å²) in [4.78, 5) is 14.4. The van der Waals surface area contributed by atoms with E-state index in [9.17, 15) is 4.79 Å². The standard InChI is InChI=1S/C21H24N2O2/c1-23-19(7-5-15-6-8-20-16(12-15)9-11-25-20)14-17(21(23)24)13-18-4-2-3-10-22-18/h6,8-9,11-12,17-19,22H,2-4,10,13-14H2,1H3. The predicted octanol–water partition coefficient (Wildman–Crippen LogP) is 3.16. The van der Waals surface area contributed by atoms with E-state index >= 15 is 0 Å². The molecule has 2 fully saturated rings.